The molecule has 4 aromatic rings. The predicted octanol–water partition coefficient (Wildman–Crippen LogP) is 7.11. The third kappa shape index (κ3) is 6.99. The van der Waals surface area contributed by atoms with E-state index in [9.17, 15) is 19.7 Å². The number of carbonyl (C=O) groups is 1. The average molecular weight is 890 g/mol. The third-order valence-electron chi connectivity index (χ3n) is 6.97. The summed E-state index contributed by atoms with van der Waals surface area (Å²) in [6, 6.07) is 12.8. The summed E-state index contributed by atoms with van der Waals surface area (Å²) in [5.41, 5.74) is 2.45. The predicted molar refractivity (Wildman–Crippen MR) is 191 cm³/mol. The molecule has 45 heavy (non-hydrogen) atoms. The van der Waals surface area contributed by atoms with Crippen LogP contribution in [0.2, 0.25) is 10.0 Å². The van der Waals surface area contributed by atoms with Gasteiger partial charge in [-0.05, 0) is 107 Å². The Balaban J connectivity index is 1.58. The van der Waals surface area contributed by atoms with Crippen LogP contribution in [0.5, 0.6) is 5.75 Å². The van der Waals surface area contributed by atoms with Crippen LogP contribution in [0.4, 0.5) is 5.69 Å². The number of fused-ring (bicyclic) bond motifs is 1. The topological polar surface area (TPSA) is 113 Å². The lowest BCUT2D eigenvalue weighted by molar-refractivity contribution is -0.385. The molecule has 0 unspecified atom stereocenters. The van der Waals surface area contributed by atoms with Gasteiger partial charge in [0.2, 0.25) is 0 Å². The van der Waals surface area contributed by atoms with E-state index in [1.54, 1.807) is 51.1 Å². The Morgan fingerprint density at radius 2 is 1.84 bits per heavy atom. The number of allylic oxidation sites excluding steroid dienone is 1. The van der Waals surface area contributed by atoms with Gasteiger partial charge in [0.05, 0.1) is 40.5 Å². The van der Waals surface area contributed by atoms with Gasteiger partial charge in [0.1, 0.15) is 12.4 Å². The van der Waals surface area contributed by atoms with E-state index in [0.29, 0.717) is 42.0 Å². The summed E-state index contributed by atoms with van der Waals surface area (Å²) >= 11 is 17.9. The Morgan fingerprint density at radius 3 is 2.49 bits per heavy atom. The van der Waals surface area contributed by atoms with Crippen LogP contribution in [-0.4, -0.2) is 22.1 Å². The molecule has 14 heteroatoms. The van der Waals surface area contributed by atoms with Crippen molar-refractivity contribution in [3.8, 4) is 5.75 Å². The van der Waals surface area contributed by atoms with Gasteiger partial charge in [0, 0.05) is 27.2 Å². The molecule has 2 heterocycles. The highest BCUT2D eigenvalue weighted by Gasteiger charge is 2.34. The molecular weight excluding hydrogens is 867 g/mol. The number of benzene rings is 3. The van der Waals surface area contributed by atoms with Gasteiger partial charge in [-0.1, -0.05) is 52.7 Å². The normalized spacial score (nSPS) is 14.6. The minimum atomic E-state index is -0.961. The molecule has 232 valence electrons. The number of nitrogens with zero attached hydrogens (tertiary/aromatic N) is 3. The molecule has 0 bridgehead atoms. The number of nitro groups is 1. The number of esters is 1. The highest BCUT2D eigenvalue weighted by molar-refractivity contribution is 14.1. The second kappa shape index (κ2) is 13.9. The molecule has 1 aliphatic rings. The van der Waals surface area contributed by atoms with E-state index < -0.39 is 16.9 Å². The molecule has 3 aromatic carbocycles. The number of carbonyl (C=O) groups excluding carboxylic acids is 1. The molecular formula is C31H23Cl2I2N3O6S. The van der Waals surface area contributed by atoms with Crippen molar-refractivity contribution >= 4 is 97.5 Å². The highest BCUT2D eigenvalue weighted by atomic mass is 127. The monoisotopic (exact) mass is 889 g/mol. The molecule has 1 aromatic heterocycles. The standard InChI is InChI=1S/C31H23Cl2I2N3O6S/c1-4-43-30(40)26-16(3)36-31-37(27(26)18-6-5-15(2)24(12-18)38(41)42)29(39)25(45-31)11-17-9-22(34)28(23(35)10-17)44-14-19-7-8-20(32)13-21(19)33/h5-13,27H,4,14H2,1-3H3/b25-11+/t27-/m1/s1. The first-order valence-corrected chi connectivity index (χ1v) is 17.1. The van der Waals surface area contributed by atoms with Crippen LogP contribution in [0.15, 0.2) is 69.6 Å². The molecule has 0 N–H and O–H groups in total. The SMILES string of the molecule is CCOC(=O)C1=C(C)N=c2s/c(=C/c3cc(I)c(OCc4ccc(Cl)cc4Cl)c(I)c3)c(=O)n2[C@@H]1c1ccc(C)c([N+](=O)[O-])c1. The molecule has 1 atom stereocenters. The zero-order chi connectivity index (χ0) is 32.6. The molecule has 1 aliphatic heterocycles. The molecule has 0 saturated heterocycles. The fraction of sp³-hybridized carbons (Fsp3) is 0.194. The smallest absolute Gasteiger partial charge is 0.338 e. The first kappa shape index (κ1) is 33.6. The fourth-order valence-corrected chi connectivity index (χ4v) is 8.48. The van der Waals surface area contributed by atoms with Gasteiger partial charge < -0.3 is 9.47 Å². The van der Waals surface area contributed by atoms with Crippen molar-refractivity contribution in [2.24, 2.45) is 4.99 Å². The zero-order valence-electron chi connectivity index (χ0n) is 23.9. The van der Waals surface area contributed by atoms with Gasteiger partial charge in [0.25, 0.3) is 11.2 Å². The molecule has 0 spiro atoms. The van der Waals surface area contributed by atoms with Crippen molar-refractivity contribution in [3.05, 3.63) is 129 Å². The van der Waals surface area contributed by atoms with Gasteiger partial charge in [0.15, 0.2) is 4.80 Å². The van der Waals surface area contributed by atoms with Gasteiger partial charge in [-0.25, -0.2) is 9.79 Å². The Labute approximate surface area is 298 Å². The van der Waals surface area contributed by atoms with E-state index in [0.717, 1.165) is 18.3 Å². The maximum absolute atomic E-state index is 14.0. The van der Waals surface area contributed by atoms with Crippen molar-refractivity contribution in [1.29, 1.82) is 0 Å². The molecule has 5 rings (SSSR count). The Hall–Kier alpha value is -2.79. The van der Waals surface area contributed by atoms with E-state index in [1.807, 2.05) is 18.2 Å². The zero-order valence-corrected chi connectivity index (χ0v) is 30.5. The van der Waals surface area contributed by atoms with E-state index in [1.165, 1.54) is 22.0 Å². The maximum atomic E-state index is 14.0. The molecule has 0 amide bonds. The summed E-state index contributed by atoms with van der Waals surface area (Å²) in [7, 11) is 0. The van der Waals surface area contributed by atoms with Crippen molar-refractivity contribution in [1.82, 2.24) is 4.57 Å². The van der Waals surface area contributed by atoms with Crippen molar-refractivity contribution < 1.29 is 19.2 Å². The van der Waals surface area contributed by atoms with Crippen LogP contribution in [0.3, 0.4) is 0 Å². The number of ether oxygens (including phenoxy) is 2. The number of nitro benzene ring substituents is 1. The number of hydrogen-bond acceptors (Lipinski definition) is 8. The lowest BCUT2D eigenvalue weighted by Crippen LogP contribution is -2.40. The summed E-state index contributed by atoms with van der Waals surface area (Å²) in [5.74, 6) is 0.0392. The summed E-state index contributed by atoms with van der Waals surface area (Å²) in [6.07, 6.45) is 1.76. The van der Waals surface area contributed by atoms with E-state index in [4.69, 9.17) is 32.7 Å². The van der Waals surface area contributed by atoms with E-state index >= 15 is 0 Å². The van der Waals surface area contributed by atoms with Crippen molar-refractivity contribution in [3.63, 3.8) is 0 Å². The average Bonchev–Trinajstić information content (AvgIpc) is 3.26. The fourth-order valence-electron chi connectivity index (χ4n) is 4.84. The van der Waals surface area contributed by atoms with Gasteiger partial charge >= 0.3 is 5.97 Å². The summed E-state index contributed by atoms with van der Waals surface area (Å²) in [5, 5.41) is 12.8. The number of aryl methyl sites for hydroxylation is 1. The first-order valence-electron chi connectivity index (χ1n) is 13.4. The van der Waals surface area contributed by atoms with Crippen molar-refractivity contribution in [2.75, 3.05) is 6.61 Å². The summed E-state index contributed by atoms with van der Waals surface area (Å²) < 4.78 is 14.9. The van der Waals surface area contributed by atoms with Crippen molar-refractivity contribution in [2.45, 2.75) is 33.4 Å². The molecule has 9 nitrogen and oxygen atoms in total. The van der Waals surface area contributed by atoms with Crippen LogP contribution in [-0.2, 0) is 16.1 Å². The number of hydrogen-bond donors (Lipinski definition) is 0. The second-order valence-electron chi connectivity index (χ2n) is 9.94. The number of halogens is 4. The minimum Gasteiger partial charge on any atom is -0.487 e. The van der Waals surface area contributed by atoms with Crippen LogP contribution >= 0.6 is 79.7 Å². The van der Waals surface area contributed by atoms with Crippen LogP contribution < -0.4 is 19.6 Å². The third-order valence-corrected chi connectivity index (χ3v) is 10.1. The van der Waals surface area contributed by atoms with E-state index in [2.05, 4.69) is 50.2 Å². The Morgan fingerprint density at radius 1 is 1.13 bits per heavy atom. The van der Waals surface area contributed by atoms with Crippen LogP contribution in [0.25, 0.3) is 6.08 Å². The van der Waals surface area contributed by atoms with E-state index in [-0.39, 0.29) is 30.0 Å². The highest BCUT2D eigenvalue weighted by Crippen LogP contribution is 2.34. The minimum absolute atomic E-state index is 0.114. The van der Waals surface area contributed by atoms with Gasteiger partial charge in [-0.3, -0.25) is 19.5 Å². The Kier molecular flexibility index (Phi) is 10.4. The lowest BCUT2D eigenvalue weighted by Gasteiger charge is -2.24. The van der Waals surface area contributed by atoms with Crippen LogP contribution in [0.1, 0.15) is 42.1 Å². The molecule has 0 fully saturated rings. The van der Waals surface area contributed by atoms with Gasteiger partial charge in [-0.2, -0.15) is 0 Å². The largest absolute Gasteiger partial charge is 0.487 e. The number of thiazole rings is 1. The number of rotatable bonds is 8. The summed E-state index contributed by atoms with van der Waals surface area (Å²) in [6.45, 7) is 5.34. The molecule has 0 aliphatic carbocycles. The first-order chi connectivity index (χ1) is 21.4. The van der Waals surface area contributed by atoms with Crippen LogP contribution in [0, 0.1) is 24.2 Å². The maximum Gasteiger partial charge on any atom is 0.338 e. The molecule has 0 radical (unpaired) electrons. The molecule has 0 saturated carbocycles. The summed E-state index contributed by atoms with van der Waals surface area (Å²) in [4.78, 5) is 43.4. The number of aromatic nitrogens is 1. The quantitative estimate of drug-likeness (QED) is 0.0808. The Bertz CT molecular complexity index is 2070. The lowest BCUT2D eigenvalue weighted by atomic mass is 9.94. The van der Waals surface area contributed by atoms with Gasteiger partial charge in [-0.15, -0.1) is 0 Å². The second-order valence-corrected chi connectivity index (χ2v) is 14.1.